The number of fused-ring (bicyclic) bond motifs is 1. The second kappa shape index (κ2) is 13.8. The molecular formula is C28H41N5O3. The summed E-state index contributed by atoms with van der Waals surface area (Å²) in [5, 5.41) is 9.92. The number of rotatable bonds is 13. The number of allylic oxidation sites excluding steroid dienone is 1. The summed E-state index contributed by atoms with van der Waals surface area (Å²) in [5.41, 5.74) is 2.68. The molecule has 1 heterocycles. The molecule has 0 bridgehead atoms. The number of ether oxygens (including phenoxy) is 1. The maximum atomic E-state index is 13.3. The normalized spacial score (nSPS) is 17.0. The average molecular weight is 496 g/mol. The quantitative estimate of drug-likeness (QED) is 0.339. The predicted octanol–water partition coefficient (Wildman–Crippen LogP) is 3.86. The van der Waals surface area contributed by atoms with Crippen LogP contribution in [0.2, 0.25) is 0 Å². The minimum absolute atomic E-state index is 0.0124. The third-order valence-corrected chi connectivity index (χ3v) is 6.74. The van der Waals surface area contributed by atoms with Crippen LogP contribution in [0, 0.1) is 0 Å². The predicted molar refractivity (Wildman–Crippen MR) is 145 cm³/mol. The van der Waals surface area contributed by atoms with Crippen LogP contribution >= 0.6 is 0 Å². The number of urea groups is 1. The Bertz CT molecular complexity index is 1060. The van der Waals surface area contributed by atoms with E-state index in [4.69, 9.17) is 4.74 Å². The van der Waals surface area contributed by atoms with Gasteiger partial charge in [0.1, 0.15) is 6.04 Å². The monoisotopic (exact) mass is 495 g/mol. The summed E-state index contributed by atoms with van der Waals surface area (Å²) in [6.07, 6.45) is 10.5. The lowest BCUT2D eigenvalue weighted by Crippen LogP contribution is -2.52. The molecule has 3 rings (SSSR count). The number of H-pyrrole nitrogens is 1. The first kappa shape index (κ1) is 27.5. The Morgan fingerprint density at radius 2 is 1.97 bits per heavy atom. The molecule has 1 aliphatic rings. The van der Waals surface area contributed by atoms with Crippen molar-refractivity contribution in [2.45, 2.75) is 64.6 Å². The van der Waals surface area contributed by atoms with Crippen molar-refractivity contribution >= 4 is 22.8 Å². The molecule has 1 aromatic carbocycles. The SMILES string of the molecule is CCN(CC)CCCC(C)NC(=O)C(Cc1c[nH]c2ccccc12)NC(=O)NC1=CCC(OC)C=C1. The van der Waals surface area contributed by atoms with Crippen molar-refractivity contribution in [2.24, 2.45) is 0 Å². The number of para-hydroxylation sites is 1. The fourth-order valence-electron chi connectivity index (χ4n) is 4.50. The van der Waals surface area contributed by atoms with E-state index < -0.39 is 12.1 Å². The van der Waals surface area contributed by atoms with Crippen LogP contribution in [0.5, 0.6) is 0 Å². The van der Waals surface area contributed by atoms with Crippen LogP contribution in [0.25, 0.3) is 10.9 Å². The molecule has 3 amide bonds. The third-order valence-electron chi connectivity index (χ3n) is 6.74. The Kier molecular flexibility index (Phi) is 10.6. The Morgan fingerprint density at radius 1 is 1.19 bits per heavy atom. The van der Waals surface area contributed by atoms with E-state index in [1.807, 2.05) is 55.6 Å². The number of benzene rings is 1. The van der Waals surface area contributed by atoms with Gasteiger partial charge in [-0.2, -0.15) is 0 Å². The Morgan fingerprint density at radius 3 is 2.67 bits per heavy atom. The number of carbonyl (C=O) groups is 2. The van der Waals surface area contributed by atoms with Gasteiger partial charge in [-0.3, -0.25) is 4.79 Å². The van der Waals surface area contributed by atoms with Gasteiger partial charge >= 0.3 is 6.03 Å². The maximum Gasteiger partial charge on any atom is 0.319 e. The summed E-state index contributed by atoms with van der Waals surface area (Å²) in [6, 6.07) is 6.86. The lowest BCUT2D eigenvalue weighted by Gasteiger charge is -2.23. The summed E-state index contributed by atoms with van der Waals surface area (Å²) in [6.45, 7) is 9.42. The molecule has 36 heavy (non-hydrogen) atoms. The molecule has 1 aromatic heterocycles. The molecule has 1 aliphatic carbocycles. The van der Waals surface area contributed by atoms with E-state index in [1.54, 1.807) is 7.11 Å². The number of amides is 3. The van der Waals surface area contributed by atoms with Gasteiger partial charge in [0, 0.05) is 42.4 Å². The zero-order chi connectivity index (χ0) is 25.9. The lowest BCUT2D eigenvalue weighted by molar-refractivity contribution is -0.123. The van der Waals surface area contributed by atoms with Crippen LogP contribution in [-0.4, -0.2) is 66.8 Å². The van der Waals surface area contributed by atoms with Crippen molar-refractivity contribution < 1.29 is 14.3 Å². The Labute approximate surface area is 214 Å². The van der Waals surface area contributed by atoms with Gasteiger partial charge < -0.3 is 30.6 Å². The summed E-state index contributed by atoms with van der Waals surface area (Å²) >= 11 is 0. The number of hydrogen-bond acceptors (Lipinski definition) is 4. The highest BCUT2D eigenvalue weighted by Gasteiger charge is 2.24. The number of nitrogens with one attached hydrogen (secondary N) is 4. The molecule has 3 unspecified atom stereocenters. The number of aromatic amines is 1. The van der Waals surface area contributed by atoms with E-state index in [2.05, 4.69) is 39.7 Å². The van der Waals surface area contributed by atoms with Crippen LogP contribution in [0.4, 0.5) is 4.79 Å². The van der Waals surface area contributed by atoms with Crippen molar-refractivity contribution in [3.05, 3.63) is 60.0 Å². The molecule has 8 nitrogen and oxygen atoms in total. The van der Waals surface area contributed by atoms with Gasteiger partial charge in [0.15, 0.2) is 0 Å². The van der Waals surface area contributed by atoms with Gasteiger partial charge in [-0.15, -0.1) is 0 Å². The lowest BCUT2D eigenvalue weighted by atomic mass is 10.0. The number of hydrogen-bond donors (Lipinski definition) is 4. The first-order chi connectivity index (χ1) is 17.4. The molecule has 0 aliphatic heterocycles. The Balaban J connectivity index is 1.64. The van der Waals surface area contributed by atoms with E-state index >= 15 is 0 Å². The molecule has 3 atom stereocenters. The highest BCUT2D eigenvalue weighted by atomic mass is 16.5. The van der Waals surface area contributed by atoms with E-state index in [9.17, 15) is 9.59 Å². The largest absolute Gasteiger partial charge is 0.377 e. The van der Waals surface area contributed by atoms with Crippen molar-refractivity contribution in [3.8, 4) is 0 Å². The first-order valence-corrected chi connectivity index (χ1v) is 13.0. The van der Waals surface area contributed by atoms with Gasteiger partial charge in [0.2, 0.25) is 5.91 Å². The van der Waals surface area contributed by atoms with E-state index in [0.717, 1.165) is 48.9 Å². The molecular weight excluding hydrogens is 454 g/mol. The second-order valence-electron chi connectivity index (χ2n) is 9.32. The fourth-order valence-corrected chi connectivity index (χ4v) is 4.50. The number of nitrogens with zero attached hydrogens (tertiary/aromatic N) is 1. The van der Waals surface area contributed by atoms with Crippen LogP contribution in [0.1, 0.15) is 45.6 Å². The number of methoxy groups -OCH3 is 1. The van der Waals surface area contributed by atoms with Crippen molar-refractivity contribution in [3.63, 3.8) is 0 Å². The van der Waals surface area contributed by atoms with Gasteiger partial charge in [-0.1, -0.05) is 44.2 Å². The van der Waals surface area contributed by atoms with Crippen LogP contribution < -0.4 is 16.0 Å². The molecule has 0 radical (unpaired) electrons. The highest BCUT2D eigenvalue weighted by molar-refractivity contribution is 5.89. The van der Waals surface area contributed by atoms with Crippen LogP contribution in [-0.2, 0) is 16.0 Å². The zero-order valence-corrected chi connectivity index (χ0v) is 22.0. The maximum absolute atomic E-state index is 13.3. The van der Waals surface area contributed by atoms with Gasteiger partial charge in [-0.25, -0.2) is 4.79 Å². The first-order valence-electron chi connectivity index (χ1n) is 13.0. The molecule has 0 spiro atoms. The summed E-state index contributed by atoms with van der Waals surface area (Å²) in [7, 11) is 1.66. The summed E-state index contributed by atoms with van der Waals surface area (Å²) < 4.78 is 5.31. The third kappa shape index (κ3) is 7.96. The summed E-state index contributed by atoms with van der Waals surface area (Å²) in [4.78, 5) is 31.8. The fraction of sp³-hybridized carbons (Fsp3) is 0.500. The molecule has 196 valence electrons. The molecule has 0 fully saturated rings. The van der Waals surface area contributed by atoms with Crippen molar-refractivity contribution in [1.82, 2.24) is 25.8 Å². The number of carbonyl (C=O) groups excluding carboxylic acids is 2. The second-order valence-corrected chi connectivity index (χ2v) is 9.32. The smallest absolute Gasteiger partial charge is 0.319 e. The summed E-state index contributed by atoms with van der Waals surface area (Å²) in [5.74, 6) is -0.182. The molecule has 0 saturated carbocycles. The topological polar surface area (TPSA) is 98.5 Å². The van der Waals surface area contributed by atoms with Crippen molar-refractivity contribution in [2.75, 3.05) is 26.7 Å². The minimum atomic E-state index is -0.714. The van der Waals surface area contributed by atoms with E-state index in [-0.39, 0.29) is 18.1 Å². The van der Waals surface area contributed by atoms with Gasteiger partial charge in [0.25, 0.3) is 0 Å². The molecule has 0 saturated heterocycles. The standard InChI is InChI=1S/C28H41N5O3/c1-5-33(6-2)17-9-10-20(3)30-27(34)26(18-21-19-29-25-12-8-7-11-24(21)25)32-28(35)31-22-13-15-23(36-4)16-14-22/h7-8,11-15,19-20,23,26,29H,5-6,9-10,16-18H2,1-4H3,(H,30,34)(H2,31,32,35). The number of aromatic nitrogens is 1. The van der Waals surface area contributed by atoms with E-state index in [0.29, 0.717) is 18.5 Å². The highest BCUT2D eigenvalue weighted by Crippen LogP contribution is 2.19. The molecule has 8 heteroatoms. The van der Waals surface area contributed by atoms with Gasteiger partial charge in [0.05, 0.1) is 6.10 Å². The van der Waals surface area contributed by atoms with Gasteiger partial charge in [-0.05, 0) is 63.5 Å². The minimum Gasteiger partial charge on any atom is -0.377 e. The molecule has 4 N–H and O–H groups in total. The van der Waals surface area contributed by atoms with Crippen molar-refractivity contribution in [1.29, 1.82) is 0 Å². The zero-order valence-electron chi connectivity index (χ0n) is 22.0. The van der Waals surface area contributed by atoms with E-state index in [1.165, 1.54) is 0 Å². The van der Waals surface area contributed by atoms with Crippen LogP contribution in [0.3, 0.4) is 0 Å². The average Bonchev–Trinajstić information content (AvgIpc) is 3.29. The van der Waals surface area contributed by atoms with Crippen LogP contribution in [0.15, 0.2) is 54.4 Å². The Hall–Kier alpha value is -3.10. The molecule has 2 aromatic rings.